The van der Waals surface area contributed by atoms with Crippen molar-refractivity contribution in [1.29, 1.82) is 0 Å². The molecule has 2 nitrogen and oxygen atoms in total. The molecular formula is C17H21ClN2. The molecule has 106 valence electrons. The van der Waals surface area contributed by atoms with Crippen LogP contribution in [0.5, 0.6) is 0 Å². The van der Waals surface area contributed by atoms with Crippen LogP contribution in [0.15, 0.2) is 24.3 Å². The Balaban J connectivity index is 1.87. The van der Waals surface area contributed by atoms with Crippen LogP contribution >= 0.6 is 11.6 Å². The summed E-state index contributed by atoms with van der Waals surface area (Å²) in [6.07, 6.45) is 7.92. The number of hydrogen-bond donors (Lipinski definition) is 1. The highest BCUT2D eigenvalue weighted by atomic mass is 35.5. The van der Waals surface area contributed by atoms with Gasteiger partial charge in [-0.15, -0.1) is 0 Å². The first-order valence-electron chi connectivity index (χ1n) is 7.56. The van der Waals surface area contributed by atoms with Crippen molar-refractivity contribution in [2.45, 2.75) is 51.5 Å². The molecule has 1 heterocycles. The fraction of sp³-hybridized carbons (Fsp3) is 0.471. The first-order chi connectivity index (χ1) is 9.72. The van der Waals surface area contributed by atoms with Crippen molar-refractivity contribution in [1.82, 2.24) is 4.98 Å². The summed E-state index contributed by atoms with van der Waals surface area (Å²) >= 11 is 6.08. The highest BCUT2D eigenvalue weighted by Crippen LogP contribution is 2.25. The van der Waals surface area contributed by atoms with Gasteiger partial charge in [0.1, 0.15) is 5.82 Å². The third-order valence-corrected chi connectivity index (χ3v) is 4.42. The van der Waals surface area contributed by atoms with E-state index in [1.165, 1.54) is 49.5 Å². The summed E-state index contributed by atoms with van der Waals surface area (Å²) in [4.78, 5) is 4.73. The lowest BCUT2D eigenvalue weighted by atomic mass is 10.1. The van der Waals surface area contributed by atoms with Gasteiger partial charge in [0.25, 0.3) is 0 Å². The van der Waals surface area contributed by atoms with Crippen LogP contribution in [-0.4, -0.2) is 11.0 Å². The summed E-state index contributed by atoms with van der Waals surface area (Å²) in [7, 11) is 0. The van der Waals surface area contributed by atoms with Crippen molar-refractivity contribution < 1.29 is 0 Å². The van der Waals surface area contributed by atoms with E-state index in [4.69, 9.17) is 16.6 Å². The van der Waals surface area contributed by atoms with Crippen molar-refractivity contribution in [2.24, 2.45) is 0 Å². The van der Waals surface area contributed by atoms with E-state index in [0.717, 1.165) is 16.4 Å². The smallest absolute Gasteiger partial charge is 0.127 e. The molecule has 2 aromatic rings. The van der Waals surface area contributed by atoms with E-state index in [1.54, 1.807) is 0 Å². The molecule has 1 aromatic heterocycles. The second-order valence-electron chi connectivity index (χ2n) is 5.82. The van der Waals surface area contributed by atoms with Crippen LogP contribution in [0.25, 0.3) is 10.9 Å². The molecule has 0 spiro atoms. The largest absolute Gasteiger partial charge is 0.367 e. The van der Waals surface area contributed by atoms with Gasteiger partial charge in [0.05, 0.1) is 5.52 Å². The topological polar surface area (TPSA) is 24.9 Å². The van der Waals surface area contributed by atoms with Crippen LogP contribution in [0.3, 0.4) is 0 Å². The number of anilines is 1. The molecule has 20 heavy (non-hydrogen) atoms. The highest BCUT2D eigenvalue weighted by molar-refractivity contribution is 6.31. The Morgan fingerprint density at radius 2 is 1.85 bits per heavy atom. The molecule has 1 aliphatic carbocycles. The molecule has 0 radical (unpaired) electrons. The number of benzene rings is 1. The van der Waals surface area contributed by atoms with Gasteiger partial charge in [-0.3, -0.25) is 0 Å². The number of nitrogens with one attached hydrogen (secondary N) is 1. The third kappa shape index (κ3) is 3.06. The lowest BCUT2D eigenvalue weighted by molar-refractivity contribution is 0.618. The number of fused-ring (bicyclic) bond motifs is 1. The second-order valence-corrected chi connectivity index (χ2v) is 6.26. The van der Waals surface area contributed by atoms with Crippen LogP contribution in [0, 0.1) is 6.92 Å². The van der Waals surface area contributed by atoms with E-state index in [1.807, 2.05) is 12.1 Å². The Morgan fingerprint density at radius 1 is 1.10 bits per heavy atom. The van der Waals surface area contributed by atoms with Gasteiger partial charge < -0.3 is 5.32 Å². The first kappa shape index (κ1) is 13.7. The molecule has 0 aliphatic heterocycles. The Labute approximate surface area is 125 Å². The lowest BCUT2D eigenvalue weighted by Gasteiger charge is -2.18. The third-order valence-electron chi connectivity index (χ3n) is 4.19. The Kier molecular flexibility index (Phi) is 4.11. The van der Waals surface area contributed by atoms with E-state index in [9.17, 15) is 0 Å². The predicted octanol–water partition coefficient (Wildman–Crippen LogP) is 5.33. The average Bonchev–Trinajstić information content (AvgIpc) is 2.67. The maximum absolute atomic E-state index is 6.08. The normalized spacial score (nSPS) is 17.1. The van der Waals surface area contributed by atoms with Crippen LogP contribution < -0.4 is 5.32 Å². The van der Waals surface area contributed by atoms with E-state index in [0.29, 0.717) is 6.04 Å². The zero-order valence-electron chi connectivity index (χ0n) is 12.0. The first-order valence-corrected chi connectivity index (χ1v) is 7.93. The SMILES string of the molecule is Cc1cc(NC2CCCCCC2)nc2cc(Cl)ccc12. The van der Waals surface area contributed by atoms with Gasteiger partial charge in [0.15, 0.2) is 0 Å². The van der Waals surface area contributed by atoms with Crippen LogP contribution in [0.1, 0.15) is 44.1 Å². The van der Waals surface area contributed by atoms with E-state index >= 15 is 0 Å². The van der Waals surface area contributed by atoms with E-state index < -0.39 is 0 Å². The molecule has 0 amide bonds. The van der Waals surface area contributed by atoms with Crippen molar-refractivity contribution in [3.05, 3.63) is 34.9 Å². The van der Waals surface area contributed by atoms with E-state index in [2.05, 4.69) is 24.4 Å². The molecule has 0 atom stereocenters. The summed E-state index contributed by atoms with van der Waals surface area (Å²) in [5, 5.41) is 5.55. The zero-order chi connectivity index (χ0) is 13.9. The second kappa shape index (κ2) is 6.01. The summed E-state index contributed by atoms with van der Waals surface area (Å²) in [5.74, 6) is 0.990. The van der Waals surface area contributed by atoms with Crippen molar-refractivity contribution in [3.63, 3.8) is 0 Å². The predicted molar refractivity (Wildman–Crippen MR) is 86.6 cm³/mol. The summed E-state index contributed by atoms with van der Waals surface area (Å²) < 4.78 is 0. The molecule has 1 aliphatic rings. The number of halogens is 1. The molecule has 0 saturated heterocycles. The standard InChI is InChI=1S/C17H21ClN2/c1-12-10-17(19-14-6-4-2-3-5-7-14)20-16-11-13(18)8-9-15(12)16/h8-11,14H,2-7H2,1H3,(H,19,20). The maximum Gasteiger partial charge on any atom is 0.127 e. The van der Waals surface area contributed by atoms with E-state index in [-0.39, 0.29) is 0 Å². The molecule has 1 fully saturated rings. The number of pyridine rings is 1. The number of nitrogens with zero attached hydrogens (tertiary/aromatic N) is 1. The number of aryl methyl sites for hydroxylation is 1. The van der Waals surface area contributed by atoms with Crippen molar-refractivity contribution in [3.8, 4) is 0 Å². The maximum atomic E-state index is 6.08. The van der Waals surface area contributed by atoms with Crippen molar-refractivity contribution in [2.75, 3.05) is 5.32 Å². The fourth-order valence-electron chi connectivity index (χ4n) is 3.08. The minimum atomic E-state index is 0.570. The van der Waals surface area contributed by atoms with Gasteiger partial charge in [-0.1, -0.05) is 43.4 Å². The molecular weight excluding hydrogens is 268 g/mol. The molecule has 0 unspecified atom stereocenters. The van der Waals surface area contributed by atoms with Crippen LogP contribution in [0.4, 0.5) is 5.82 Å². The van der Waals surface area contributed by atoms with Crippen molar-refractivity contribution >= 4 is 28.3 Å². The van der Waals surface area contributed by atoms with Gasteiger partial charge >= 0.3 is 0 Å². The molecule has 1 aromatic carbocycles. The Bertz CT molecular complexity index is 601. The molecule has 3 heteroatoms. The summed E-state index contributed by atoms with van der Waals surface area (Å²) in [5.41, 5.74) is 2.23. The minimum absolute atomic E-state index is 0.570. The van der Waals surface area contributed by atoms with Gasteiger partial charge in [-0.25, -0.2) is 4.98 Å². The average molecular weight is 289 g/mol. The van der Waals surface area contributed by atoms with Gasteiger partial charge in [-0.2, -0.15) is 0 Å². The number of hydrogen-bond acceptors (Lipinski definition) is 2. The molecule has 1 N–H and O–H groups in total. The molecule has 1 saturated carbocycles. The van der Waals surface area contributed by atoms with Crippen LogP contribution in [0.2, 0.25) is 5.02 Å². The van der Waals surface area contributed by atoms with Gasteiger partial charge in [0.2, 0.25) is 0 Å². The zero-order valence-corrected chi connectivity index (χ0v) is 12.7. The minimum Gasteiger partial charge on any atom is -0.367 e. The summed E-state index contributed by atoms with van der Waals surface area (Å²) in [6, 6.07) is 8.65. The summed E-state index contributed by atoms with van der Waals surface area (Å²) in [6.45, 7) is 2.14. The molecule has 0 bridgehead atoms. The fourth-order valence-corrected chi connectivity index (χ4v) is 3.25. The lowest BCUT2D eigenvalue weighted by Crippen LogP contribution is -2.19. The Morgan fingerprint density at radius 3 is 2.60 bits per heavy atom. The van der Waals surface area contributed by atoms with Crippen LogP contribution in [-0.2, 0) is 0 Å². The number of rotatable bonds is 2. The van der Waals surface area contributed by atoms with Gasteiger partial charge in [0, 0.05) is 16.5 Å². The number of aromatic nitrogens is 1. The Hall–Kier alpha value is -1.28. The monoisotopic (exact) mass is 288 g/mol. The highest BCUT2D eigenvalue weighted by Gasteiger charge is 2.13. The molecule has 3 rings (SSSR count). The van der Waals surface area contributed by atoms with Gasteiger partial charge in [-0.05, 0) is 43.5 Å². The quantitative estimate of drug-likeness (QED) is 0.755.